The lowest BCUT2D eigenvalue weighted by molar-refractivity contribution is 0.232. The number of aliphatic hydroxyl groups is 1. The fourth-order valence-electron chi connectivity index (χ4n) is 1.11. The standard InChI is InChI=1S/C9H16N2O4S/c1-7(6-12)4-11-5-8-2-3-9(15-8)16(10,13)14/h2-3,7,11-12H,4-6H2,1H3,(H2,10,13,14). The van der Waals surface area contributed by atoms with E-state index >= 15 is 0 Å². The Morgan fingerprint density at radius 3 is 2.75 bits per heavy atom. The van der Waals surface area contributed by atoms with Crippen LogP contribution in [-0.2, 0) is 16.6 Å². The lowest BCUT2D eigenvalue weighted by Gasteiger charge is -2.07. The van der Waals surface area contributed by atoms with Crippen LogP contribution in [0.25, 0.3) is 0 Å². The molecule has 6 nitrogen and oxygen atoms in total. The second-order valence-electron chi connectivity index (χ2n) is 3.68. The second-order valence-corrected chi connectivity index (χ2v) is 5.18. The molecule has 1 atom stereocenters. The molecule has 1 aromatic rings. The van der Waals surface area contributed by atoms with E-state index in [4.69, 9.17) is 14.7 Å². The van der Waals surface area contributed by atoms with Gasteiger partial charge in [0.15, 0.2) is 0 Å². The molecule has 0 radical (unpaired) electrons. The number of hydrogen-bond donors (Lipinski definition) is 3. The van der Waals surface area contributed by atoms with E-state index in [9.17, 15) is 8.42 Å². The summed E-state index contributed by atoms with van der Waals surface area (Å²) in [6.45, 7) is 3.03. The number of furan rings is 1. The zero-order valence-electron chi connectivity index (χ0n) is 9.01. The molecule has 0 saturated heterocycles. The molecule has 4 N–H and O–H groups in total. The molecule has 0 aliphatic rings. The van der Waals surface area contributed by atoms with Crippen molar-refractivity contribution in [1.29, 1.82) is 0 Å². The fourth-order valence-corrected chi connectivity index (χ4v) is 1.59. The van der Waals surface area contributed by atoms with Crippen molar-refractivity contribution in [2.75, 3.05) is 13.2 Å². The van der Waals surface area contributed by atoms with E-state index in [0.29, 0.717) is 18.8 Å². The maximum atomic E-state index is 10.9. The van der Waals surface area contributed by atoms with Crippen molar-refractivity contribution in [3.63, 3.8) is 0 Å². The normalized spacial score (nSPS) is 13.9. The Hall–Kier alpha value is -0.890. The predicted octanol–water partition coefficient (Wildman–Crippen LogP) is -0.355. The molecule has 1 heterocycles. The number of rotatable bonds is 6. The Kier molecular flexibility index (Phi) is 4.48. The van der Waals surface area contributed by atoms with Crippen LogP contribution in [0.4, 0.5) is 0 Å². The summed E-state index contributed by atoms with van der Waals surface area (Å²) in [7, 11) is -3.76. The zero-order chi connectivity index (χ0) is 12.2. The lowest BCUT2D eigenvalue weighted by atomic mass is 10.2. The van der Waals surface area contributed by atoms with Gasteiger partial charge in [-0.15, -0.1) is 0 Å². The van der Waals surface area contributed by atoms with Crippen molar-refractivity contribution in [3.05, 3.63) is 17.9 Å². The first kappa shape index (κ1) is 13.2. The number of sulfonamides is 1. The molecule has 0 amide bonds. The Balaban J connectivity index is 2.47. The first-order valence-electron chi connectivity index (χ1n) is 4.86. The SMILES string of the molecule is CC(CO)CNCc1ccc(S(N)(=O)=O)o1. The maximum Gasteiger partial charge on any atom is 0.271 e. The maximum absolute atomic E-state index is 10.9. The van der Waals surface area contributed by atoms with Crippen LogP contribution in [0.3, 0.4) is 0 Å². The van der Waals surface area contributed by atoms with Gasteiger partial charge in [0.1, 0.15) is 5.76 Å². The molecule has 92 valence electrons. The molecular formula is C9H16N2O4S. The second kappa shape index (κ2) is 5.44. The monoisotopic (exact) mass is 248 g/mol. The summed E-state index contributed by atoms with van der Waals surface area (Å²) in [4.78, 5) is 0. The molecule has 0 saturated carbocycles. The molecule has 1 aromatic heterocycles. The smallest absolute Gasteiger partial charge is 0.271 e. The quantitative estimate of drug-likeness (QED) is 0.638. The molecule has 0 fully saturated rings. The van der Waals surface area contributed by atoms with E-state index in [-0.39, 0.29) is 17.6 Å². The van der Waals surface area contributed by atoms with Crippen LogP contribution >= 0.6 is 0 Å². The van der Waals surface area contributed by atoms with Crippen LogP contribution in [0.2, 0.25) is 0 Å². The molecule has 0 aromatic carbocycles. The third kappa shape index (κ3) is 3.93. The van der Waals surface area contributed by atoms with Crippen LogP contribution in [0, 0.1) is 5.92 Å². The highest BCUT2D eigenvalue weighted by Crippen LogP contribution is 2.11. The number of primary sulfonamides is 1. The zero-order valence-corrected chi connectivity index (χ0v) is 9.83. The Labute approximate surface area is 94.5 Å². The number of nitrogens with one attached hydrogen (secondary N) is 1. The fraction of sp³-hybridized carbons (Fsp3) is 0.556. The highest BCUT2D eigenvalue weighted by molar-refractivity contribution is 7.89. The number of nitrogens with two attached hydrogens (primary N) is 1. The Morgan fingerprint density at radius 1 is 1.56 bits per heavy atom. The first-order chi connectivity index (χ1) is 7.43. The molecule has 0 aliphatic heterocycles. The minimum absolute atomic E-state index is 0.105. The summed E-state index contributed by atoms with van der Waals surface area (Å²) >= 11 is 0. The van der Waals surface area contributed by atoms with E-state index in [1.54, 1.807) is 6.07 Å². The highest BCUT2D eigenvalue weighted by Gasteiger charge is 2.12. The third-order valence-corrected chi connectivity index (χ3v) is 2.80. The minimum atomic E-state index is -3.76. The first-order valence-corrected chi connectivity index (χ1v) is 6.41. The van der Waals surface area contributed by atoms with E-state index in [1.807, 2.05) is 6.92 Å². The highest BCUT2D eigenvalue weighted by atomic mass is 32.2. The average Bonchev–Trinajstić information content (AvgIpc) is 2.65. The van der Waals surface area contributed by atoms with Gasteiger partial charge in [-0.1, -0.05) is 6.92 Å². The van der Waals surface area contributed by atoms with E-state index in [2.05, 4.69) is 5.32 Å². The number of hydrogen-bond acceptors (Lipinski definition) is 5. The molecule has 16 heavy (non-hydrogen) atoms. The van der Waals surface area contributed by atoms with Gasteiger partial charge in [-0.3, -0.25) is 0 Å². The van der Waals surface area contributed by atoms with Crippen molar-refractivity contribution in [2.45, 2.75) is 18.6 Å². The minimum Gasteiger partial charge on any atom is -0.447 e. The Morgan fingerprint density at radius 2 is 2.25 bits per heavy atom. The van der Waals surface area contributed by atoms with Crippen molar-refractivity contribution < 1.29 is 17.9 Å². The summed E-state index contributed by atoms with van der Waals surface area (Å²) in [6, 6.07) is 2.87. The van der Waals surface area contributed by atoms with Gasteiger partial charge in [0.25, 0.3) is 10.0 Å². The summed E-state index contributed by atoms with van der Waals surface area (Å²) in [6.07, 6.45) is 0. The van der Waals surface area contributed by atoms with E-state index < -0.39 is 10.0 Å². The summed E-state index contributed by atoms with van der Waals surface area (Å²) in [5.41, 5.74) is 0. The molecule has 1 unspecified atom stereocenters. The van der Waals surface area contributed by atoms with E-state index in [1.165, 1.54) is 6.07 Å². The summed E-state index contributed by atoms with van der Waals surface area (Å²) in [5, 5.41) is 16.5. The largest absolute Gasteiger partial charge is 0.447 e. The molecule has 0 bridgehead atoms. The van der Waals surface area contributed by atoms with Crippen LogP contribution in [-0.4, -0.2) is 26.7 Å². The molecule has 0 aliphatic carbocycles. The van der Waals surface area contributed by atoms with Crippen LogP contribution in [0.15, 0.2) is 21.6 Å². The third-order valence-electron chi connectivity index (χ3n) is 2.02. The van der Waals surface area contributed by atoms with Gasteiger partial charge in [0, 0.05) is 13.2 Å². The van der Waals surface area contributed by atoms with Crippen molar-refractivity contribution >= 4 is 10.0 Å². The summed E-state index contributed by atoms with van der Waals surface area (Å²) in [5.74, 6) is 0.641. The van der Waals surface area contributed by atoms with Gasteiger partial charge in [-0.25, -0.2) is 13.6 Å². The van der Waals surface area contributed by atoms with Crippen LogP contribution in [0.5, 0.6) is 0 Å². The molecule has 1 rings (SSSR count). The average molecular weight is 248 g/mol. The van der Waals surface area contributed by atoms with Gasteiger partial charge < -0.3 is 14.8 Å². The van der Waals surface area contributed by atoms with Crippen molar-refractivity contribution in [3.8, 4) is 0 Å². The Bertz CT molecular complexity index is 426. The van der Waals surface area contributed by atoms with Gasteiger partial charge in [-0.05, 0) is 18.1 Å². The van der Waals surface area contributed by atoms with Gasteiger partial charge in [-0.2, -0.15) is 0 Å². The topological polar surface area (TPSA) is 106 Å². The lowest BCUT2D eigenvalue weighted by Crippen LogP contribution is -2.22. The van der Waals surface area contributed by atoms with Crippen molar-refractivity contribution in [1.82, 2.24) is 5.32 Å². The number of aliphatic hydroxyl groups excluding tert-OH is 1. The van der Waals surface area contributed by atoms with Gasteiger partial charge in [0.2, 0.25) is 5.09 Å². The molecular weight excluding hydrogens is 232 g/mol. The summed E-state index contributed by atoms with van der Waals surface area (Å²) < 4.78 is 26.8. The van der Waals surface area contributed by atoms with Gasteiger partial charge >= 0.3 is 0 Å². The molecule has 0 spiro atoms. The van der Waals surface area contributed by atoms with Crippen molar-refractivity contribution in [2.24, 2.45) is 11.1 Å². The molecule has 7 heteroatoms. The predicted molar refractivity (Wildman–Crippen MR) is 58.0 cm³/mol. The van der Waals surface area contributed by atoms with E-state index in [0.717, 1.165) is 0 Å². The van der Waals surface area contributed by atoms with Crippen LogP contribution in [0.1, 0.15) is 12.7 Å². The van der Waals surface area contributed by atoms with Crippen LogP contribution < -0.4 is 10.5 Å². The van der Waals surface area contributed by atoms with Gasteiger partial charge in [0.05, 0.1) is 6.54 Å².